The molecule has 1 heterocycles. The minimum Gasteiger partial charge on any atom is -0.354 e. The van der Waals surface area contributed by atoms with E-state index in [4.69, 9.17) is 0 Å². The van der Waals surface area contributed by atoms with Gasteiger partial charge in [-0.2, -0.15) is 0 Å². The van der Waals surface area contributed by atoms with Crippen molar-refractivity contribution in [1.82, 2.24) is 9.88 Å². The van der Waals surface area contributed by atoms with E-state index >= 15 is 0 Å². The van der Waals surface area contributed by atoms with Crippen LogP contribution >= 0.6 is 0 Å². The molecule has 22 heavy (non-hydrogen) atoms. The number of para-hydroxylation sites is 1. The molecule has 2 aromatic carbocycles. The highest BCUT2D eigenvalue weighted by Crippen LogP contribution is 2.18. The van der Waals surface area contributed by atoms with Gasteiger partial charge in [-0.25, -0.2) is 0 Å². The lowest BCUT2D eigenvalue weighted by Gasteiger charge is -2.18. The van der Waals surface area contributed by atoms with E-state index in [-0.39, 0.29) is 5.43 Å². The fourth-order valence-corrected chi connectivity index (χ4v) is 3.07. The molecule has 0 spiro atoms. The molecule has 0 fully saturated rings. The van der Waals surface area contributed by atoms with Crippen molar-refractivity contribution in [1.29, 1.82) is 0 Å². The maximum absolute atomic E-state index is 12.9. The molecule has 0 amide bonds. The lowest BCUT2D eigenvalue weighted by atomic mass is 10.0. The number of rotatable bonds is 5. The highest BCUT2D eigenvalue weighted by Gasteiger charge is 2.10. The zero-order chi connectivity index (χ0) is 15.5. The zero-order valence-electron chi connectivity index (χ0n) is 13.2. The summed E-state index contributed by atoms with van der Waals surface area (Å²) in [6, 6.07) is 13.8. The summed E-state index contributed by atoms with van der Waals surface area (Å²) in [6.45, 7) is 7.42. The Hall–Kier alpha value is -2.13. The molecule has 1 N–H and O–H groups in total. The van der Waals surface area contributed by atoms with E-state index in [1.807, 2.05) is 36.4 Å². The molecule has 0 unspecified atom stereocenters. The molecular formula is C19H22N2O. The molecule has 3 rings (SSSR count). The zero-order valence-corrected chi connectivity index (χ0v) is 13.2. The van der Waals surface area contributed by atoms with Crippen LogP contribution in [-0.4, -0.2) is 29.5 Å². The van der Waals surface area contributed by atoms with Gasteiger partial charge in [-0.15, -0.1) is 0 Å². The number of benzene rings is 2. The van der Waals surface area contributed by atoms with Crippen molar-refractivity contribution in [3.63, 3.8) is 0 Å². The summed E-state index contributed by atoms with van der Waals surface area (Å²) >= 11 is 0. The maximum Gasteiger partial charge on any atom is 0.197 e. The third-order valence-corrected chi connectivity index (χ3v) is 4.41. The lowest BCUT2D eigenvalue weighted by Crippen LogP contribution is -2.25. The second-order valence-electron chi connectivity index (χ2n) is 5.62. The first-order valence-corrected chi connectivity index (χ1v) is 7.99. The topological polar surface area (TPSA) is 36.1 Å². The van der Waals surface area contributed by atoms with Gasteiger partial charge >= 0.3 is 0 Å². The number of H-pyrrole nitrogens is 1. The summed E-state index contributed by atoms with van der Waals surface area (Å²) in [4.78, 5) is 18.6. The van der Waals surface area contributed by atoms with Gasteiger partial charge in [0, 0.05) is 22.8 Å². The average Bonchev–Trinajstić information content (AvgIpc) is 2.56. The minimum absolute atomic E-state index is 0.138. The summed E-state index contributed by atoms with van der Waals surface area (Å²) < 4.78 is 0. The molecule has 0 atom stereocenters. The van der Waals surface area contributed by atoms with Crippen LogP contribution in [0.4, 0.5) is 0 Å². The molecule has 3 nitrogen and oxygen atoms in total. The van der Waals surface area contributed by atoms with Crippen molar-refractivity contribution >= 4 is 21.8 Å². The molecule has 1 aromatic heterocycles. The van der Waals surface area contributed by atoms with Crippen LogP contribution in [-0.2, 0) is 6.42 Å². The molecule has 0 aliphatic heterocycles. The van der Waals surface area contributed by atoms with Crippen molar-refractivity contribution in [3.8, 4) is 0 Å². The van der Waals surface area contributed by atoms with Crippen LogP contribution in [0.3, 0.4) is 0 Å². The predicted molar refractivity (Wildman–Crippen MR) is 93.6 cm³/mol. The summed E-state index contributed by atoms with van der Waals surface area (Å²) in [5.41, 5.74) is 3.11. The minimum atomic E-state index is 0.138. The van der Waals surface area contributed by atoms with E-state index < -0.39 is 0 Å². The van der Waals surface area contributed by atoms with Crippen molar-refractivity contribution in [3.05, 3.63) is 58.3 Å². The first-order valence-electron chi connectivity index (χ1n) is 7.99. The molecule has 0 aliphatic rings. The smallest absolute Gasteiger partial charge is 0.197 e. The number of aromatic amines is 1. The molecule has 0 radical (unpaired) electrons. The number of pyridine rings is 1. The number of aromatic nitrogens is 1. The Morgan fingerprint density at radius 1 is 0.955 bits per heavy atom. The highest BCUT2D eigenvalue weighted by atomic mass is 16.1. The number of nitrogens with one attached hydrogen (secondary N) is 1. The standard InChI is InChI=1S/C19H22N2O/c1-3-21(4-2)13-12-14-8-7-11-17-18(14)19(22)15-9-5-6-10-16(15)20-17/h5-11H,3-4,12-13H2,1-2H3,(H,20,22). The fourth-order valence-electron chi connectivity index (χ4n) is 3.07. The van der Waals surface area contributed by atoms with Crippen LogP contribution in [0.5, 0.6) is 0 Å². The van der Waals surface area contributed by atoms with Gasteiger partial charge in [-0.3, -0.25) is 4.79 Å². The Balaban J connectivity index is 2.11. The normalized spacial score (nSPS) is 11.6. The average molecular weight is 294 g/mol. The molecule has 0 bridgehead atoms. The van der Waals surface area contributed by atoms with Gasteiger partial charge in [0.1, 0.15) is 0 Å². The van der Waals surface area contributed by atoms with Crippen molar-refractivity contribution in [2.75, 3.05) is 19.6 Å². The van der Waals surface area contributed by atoms with E-state index in [0.29, 0.717) is 0 Å². The maximum atomic E-state index is 12.9. The van der Waals surface area contributed by atoms with Gasteiger partial charge < -0.3 is 9.88 Å². The third kappa shape index (κ3) is 2.64. The molecule has 0 saturated carbocycles. The predicted octanol–water partition coefficient (Wildman–Crippen LogP) is 3.57. The number of nitrogens with zero attached hydrogens (tertiary/aromatic N) is 1. The van der Waals surface area contributed by atoms with Crippen molar-refractivity contribution < 1.29 is 0 Å². The van der Waals surface area contributed by atoms with Gasteiger partial charge in [0.25, 0.3) is 0 Å². The van der Waals surface area contributed by atoms with E-state index in [2.05, 4.69) is 29.8 Å². The van der Waals surface area contributed by atoms with Gasteiger partial charge in [0.05, 0.1) is 5.52 Å². The van der Waals surface area contributed by atoms with Crippen LogP contribution in [0.1, 0.15) is 19.4 Å². The Morgan fingerprint density at radius 3 is 2.45 bits per heavy atom. The van der Waals surface area contributed by atoms with Gasteiger partial charge in [-0.1, -0.05) is 38.1 Å². The highest BCUT2D eigenvalue weighted by molar-refractivity contribution is 5.94. The molecule has 0 saturated heterocycles. The van der Waals surface area contributed by atoms with Gasteiger partial charge in [0.2, 0.25) is 0 Å². The number of hydrogen-bond donors (Lipinski definition) is 1. The Kier molecular flexibility index (Phi) is 4.25. The van der Waals surface area contributed by atoms with Crippen LogP contribution in [0.2, 0.25) is 0 Å². The number of fused-ring (bicyclic) bond motifs is 2. The second-order valence-corrected chi connectivity index (χ2v) is 5.62. The van der Waals surface area contributed by atoms with Gasteiger partial charge in [0.15, 0.2) is 5.43 Å². The molecule has 114 valence electrons. The Bertz CT molecular complexity index is 847. The van der Waals surface area contributed by atoms with E-state index in [1.165, 1.54) is 0 Å². The molecule has 3 aromatic rings. The monoisotopic (exact) mass is 294 g/mol. The molecule has 0 aliphatic carbocycles. The summed E-state index contributed by atoms with van der Waals surface area (Å²) in [6.07, 6.45) is 0.903. The van der Waals surface area contributed by atoms with Crippen LogP contribution in [0.15, 0.2) is 47.3 Å². The van der Waals surface area contributed by atoms with E-state index in [0.717, 1.165) is 53.4 Å². The van der Waals surface area contributed by atoms with Crippen molar-refractivity contribution in [2.24, 2.45) is 0 Å². The van der Waals surface area contributed by atoms with E-state index in [9.17, 15) is 4.79 Å². The van der Waals surface area contributed by atoms with Crippen LogP contribution in [0, 0.1) is 0 Å². The van der Waals surface area contributed by atoms with Crippen LogP contribution < -0.4 is 5.43 Å². The first-order chi connectivity index (χ1) is 10.7. The number of likely N-dealkylation sites (N-methyl/N-ethyl adjacent to an activating group) is 1. The quantitative estimate of drug-likeness (QED) is 0.730. The fraction of sp³-hybridized carbons (Fsp3) is 0.316. The molecule has 3 heteroatoms. The lowest BCUT2D eigenvalue weighted by molar-refractivity contribution is 0.308. The largest absolute Gasteiger partial charge is 0.354 e. The summed E-state index contributed by atoms with van der Waals surface area (Å²) in [5.74, 6) is 0. The third-order valence-electron chi connectivity index (χ3n) is 4.41. The summed E-state index contributed by atoms with van der Waals surface area (Å²) in [7, 11) is 0. The van der Waals surface area contributed by atoms with Crippen molar-refractivity contribution in [2.45, 2.75) is 20.3 Å². The Labute approximate surface area is 130 Å². The molecular weight excluding hydrogens is 272 g/mol. The first kappa shape index (κ1) is 14.8. The SMILES string of the molecule is CCN(CC)CCc1cccc2[nH]c3ccccc3c(=O)c12. The van der Waals surface area contributed by atoms with Gasteiger partial charge in [-0.05, 0) is 43.3 Å². The summed E-state index contributed by atoms with van der Waals surface area (Å²) in [5, 5.41) is 1.61. The number of hydrogen-bond acceptors (Lipinski definition) is 2. The van der Waals surface area contributed by atoms with E-state index in [1.54, 1.807) is 0 Å². The second kappa shape index (κ2) is 6.32. The Morgan fingerprint density at radius 2 is 1.68 bits per heavy atom. The van der Waals surface area contributed by atoms with Crippen LogP contribution in [0.25, 0.3) is 21.8 Å².